The number of rotatable bonds is 4. The minimum atomic E-state index is 1.08. The van der Waals surface area contributed by atoms with Crippen LogP contribution in [0, 0.1) is 0 Å². The molecule has 0 aliphatic rings. The van der Waals surface area contributed by atoms with Crippen LogP contribution in [0.25, 0.3) is 5.57 Å². The van der Waals surface area contributed by atoms with Gasteiger partial charge in [0, 0.05) is 12.7 Å². The van der Waals surface area contributed by atoms with Gasteiger partial charge in [-0.05, 0) is 36.6 Å². The smallest absolute Gasteiger partial charge is 0.0337 e. The van der Waals surface area contributed by atoms with E-state index in [1.165, 1.54) is 11.1 Å². The van der Waals surface area contributed by atoms with E-state index >= 15 is 0 Å². The zero-order valence-corrected chi connectivity index (χ0v) is 9.75. The number of allylic oxidation sites excluding steroid dienone is 4. The first kappa shape index (κ1) is 11.6. The topological polar surface area (TPSA) is 12.0 Å². The van der Waals surface area contributed by atoms with Gasteiger partial charge in [0.25, 0.3) is 0 Å². The Morgan fingerprint density at radius 3 is 2.40 bits per heavy atom. The third-order valence-corrected chi connectivity index (χ3v) is 2.35. The zero-order valence-electron chi connectivity index (χ0n) is 9.75. The van der Waals surface area contributed by atoms with Gasteiger partial charge in [-0.1, -0.05) is 37.3 Å². The Hall–Kier alpha value is -1.50. The summed E-state index contributed by atoms with van der Waals surface area (Å²) in [5.74, 6) is 0. The van der Waals surface area contributed by atoms with Crippen LogP contribution < -0.4 is 5.32 Å². The molecule has 0 saturated heterocycles. The summed E-state index contributed by atoms with van der Waals surface area (Å²) in [6.45, 7) is 4.22. The van der Waals surface area contributed by atoms with Crippen molar-refractivity contribution in [2.24, 2.45) is 0 Å². The summed E-state index contributed by atoms with van der Waals surface area (Å²) in [5, 5.41) is 3.12. The van der Waals surface area contributed by atoms with Crippen LogP contribution in [0.15, 0.2) is 42.5 Å². The van der Waals surface area contributed by atoms with Crippen molar-refractivity contribution in [3.8, 4) is 0 Å². The fourth-order valence-corrected chi connectivity index (χ4v) is 1.43. The first-order valence-corrected chi connectivity index (χ1v) is 5.42. The van der Waals surface area contributed by atoms with Crippen LogP contribution in [0.4, 0.5) is 5.69 Å². The van der Waals surface area contributed by atoms with Crippen molar-refractivity contribution in [3.05, 3.63) is 48.1 Å². The molecule has 0 aliphatic heterocycles. The quantitative estimate of drug-likeness (QED) is 0.723. The van der Waals surface area contributed by atoms with Crippen LogP contribution in [-0.2, 0) is 0 Å². The molecule has 0 amide bonds. The van der Waals surface area contributed by atoms with Crippen LogP contribution in [-0.4, -0.2) is 7.05 Å². The summed E-state index contributed by atoms with van der Waals surface area (Å²) < 4.78 is 0. The van der Waals surface area contributed by atoms with Gasteiger partial charge < -0.3 is 5.32 Å². The number of anilines is 1. The predicted octanol–water partition coefficient (Wildman–Crippen LogP) is 4.10. The largest absolute Gasteiger partial charge is 0.388 e. The molecular weight excluding hydrogens is 182 g/mol. The minimum Gasteiger partial charge on any atom is -0.388 e. The van der Waals surface area contributed by atoms with E-state index in [0.717, 1.165) is 12.1 Å². The normalized spacial score (nSPS) is 12.1. The number of nitrogens with one attached hydrogen (secondary N) is 1. The van der Waals surface area contributed by atoms with Crippen molar-refractivity contribution < 1.29 is 0 Å². The summed E-state index contributed by atoms with van der Waals surface area (Å²) >= 11 is 0. The third kappa shape index (κ3) is 3.28. The van der Waals surface area contributed by atoms with Crippen molar-refractivity contribution in [2.45, 2.75) is 20.3 Å². The summed E-state index contributed by atoms with van der Waals surface area (Å²) in [5.41, 5.74) is 3.69. The van der Waals surface area contributed by atoms with Crippen molar-refractivity contribution in [3.63, 3.8) is 0 Å². The van der Waals surface area contributed by atoms with Crippen molar-refractivity contribution in [1.29, 1.82) is 0 Å². The highest BCUT2D eigenvalue weighted by Crippen LogP contribution is 2.18. The molecule has 0 aromatic heterocycles. The Morgan fingerprint density at radius 1 is 1.27 bits per heavy atom. The summed E-state index contributed by atoms with van der Waals surface area (Å²) in [6.07, 6.45) is 7.57. The number of hydrogen-bond acceptors (Lipinski definition) is 1. The lowest BCUT2D eigenvalue weighted by molar-refractivity contribution is 1.22. The Labute approximate surface area is 92.5 Å². The summed E-state index contributed by atoms with van der Waals surface area (Å²) in [7, 11) is 1.93. The maximum absolute atomic E-state index is 3.12. The van der Waals surface area contributed by atoms with Crippen LogP contribution in [0.1, 0.15) is 25.8 Å². The van der Waals surface area contributed by atoms with Gasteiger partial charge in [-0.3, -0.25) is 0 Å². The molecule has 0 aliphatic carbocycles. The van der Waals surface area contributed by atoms with Gasteiger partial charge in [0.2, 0.25) is 0 Å². The molecule has 0 bridgehead atoms. The molecule has 1 aromatic carbocycles. The van der Waals surface area contributed by atoms with E-state index in [1.807, 2.05) is 7.05 Å². The molecule has 1 aromatic rings. The summed E-state index contributed by atoms with van der Waals surface area (Å²) in [4.78, 5) is 0. The lowest BCUT2D eigenvalue weighted by atomic mass is 10.0. The highest BCUT2D eigenvalue weighted by molar-refractivity contribution is 5.74. The molecule has 1 nitrogen and oxygen atoms in total. The lowest BCUT2D eigenvalue weighted by Crippen LogP contribution is -1.88. The molecule has 0 heterocycles. The van der Waals surface area contributed by atoms with Gasteiger partial charge in [-0.15, -0.1) is 0 Å². The Bertz CT molecular complexity index is 344. The van der Waals surface area contributed by atoms with E-state index in [-0.39, 0.29) is 0 Å². The van der Waals surface area contributed by atoms with Gasteiger partial charge in [0.05, 0.1) is 0 Å². The molecule has 0 spiro atoms. The first-order chi connectivity index (χ1) is 7.31. The average molecular weight is 201 g/mol. The third-order valence-electron chi connectivity index (χ3n) is 2.35. The molecule has 1 rings (SSSR count). The van der Waals surface area contributed by atoms with Gasteiger partial charge in [-0.25, -0.2) is 0 Å². The second kappa shape index (κ2) is 6.07. The van der Waals surface area contributed by atoms with E-state index in [9.17, 15) is 0 Å². The molecule has 1 N–H and O–H groups in total. The molecule has 80 valence electrons. The molecule has 1 heteroatoms. The van der Waals surface area contributed by atoms with E-state index in [4.69, 9.17) is 0 Å². The van der Waals surface area contributed by atoms with Gasteiger partial charge in [0.15, 0.2) is 0 Å². The van der Waals surface area contributed by atoms with Crippen molar-refractivity contribution >= 4 is 11.3 Å². The second-order valence-corrected chi connectivity index (χ2v) is 3.38. The molecular formula is C14H19N. The molecule has 0 fully saturated rings. The average Bonchev–Trinajstić information content (AvgIpc) is 2.31. The molecule has 0 atom stereocenters. The second-order valence-electron chi connectivity index (χ2n) is 3.38. The van der Waals surface area contributed by atoms with Crippen molar-refractivity contribution in [1.82, 2.24) is 0 Å². The number of hydrogen-bond donors (Lipinski definition) is 1. The molecule has 0 saturated carbocycles. The van der Waals surface area contributed by atoms with Gasteiger partial charge in [0.1, 0.15) is 0 Å². The van der Waals surface area contributed by atoms with E-state index in [1.54, 1.807) is 0 Å². The Balaban J connectivity index is 2.89. The highest BCUT2D eigenvalue weighted by atomic mass is 14.8. The SMILES string of the molecule is C/C=C(\C=C/CC)c1ccc(NC)cc1. The number of benzene rings is 1. The maximum atomic E-state index is 3.12. The summed E-state index contributed by atoms with van der Waals surface area (Å²) in [6, 6.07) is 8.47. The zero-order chi connectivity index (χ0) is 11.1. The molecule has 0 unspecified atom stereocenters. The Morgan fingerprint density at radius 2 is 1.93 bits per heavy atom. The lowest BCUT2D eigenvalue weighted by Gasteiger charge is -2.04. The first-order valence-electron chi connectivity index (χ1n) is 5.42. The van der Waals surface area contributed by atoms with E-state index in [0.29, 0.717) is 0 Å². The molecule has 15 heavy (non-hydrogen) atoms. The fraction of sp³-hybridized carbons (Fsp3) is 0.286. The van der Waals surface area contributed by atoms with Gasteiger partial charge >= 0.3 is 0 Å². The standard InChI is InChI=1S/C14H19N/c1-4-6-7-12(5-2)13-8-10-14(15-3)11-9-13/h5-11,15H,4H2,1-3H3/b7-6-,12-5+. The van der Waals surface area contributed by atoms with E-state index in [2.05, 4.69) is 61.7 Å². The van der Waals surface area contributed by atoms with Crippen LogP contribution in [0.5, 0.6) is 0 Å². The predicted molar refractivity (Wildman–Crippen MR) is 69.1 cm³/mol. The monoisotopic (exact) mass is 201 g/mol. The van der Waals surface area contributed by atoms with Crippen molar-refractivity contribution in [2.75, 3.05) is 12.4 Å². The van der Waals surface area contributed by atoms with Gasteiger partial charge in [-0.2, -0.15) is 0 Å². The van der Waals surface area contributed by atoms with Crippen LogP contribution >= 0.6 is 0 Å². The van der Waals surface area contributed by atoms with Crippen LogP contribution in [0.3, 0.4) is 0 Å². The Kier molecular flexibility index (Phi) is 4.69. The minimum absolute atomic E-state index is 1.08. The molecule has 0 radical (unpaired) electrons. The van der Waals surface area contributed by atoms with Crippen LogP contribution in [0.2, 0.25) is 0 Å². The maximum Gasteiger partial charge on any atom is 0.0337 e. The van der Waals surface area contributed by atoms with E-state index < -0.39 is 0 Å². The fourth-order valence-electron chi connectivity index (χ4n) is 1.43. The highest BCUT2D eigenvalue weighted by Gasteiger charge is 1.96.